The van der Waals surface area contributed by atoms with Gasteiger partial charge in [-0.2, -0.15) is 0 Å². The van der Waals surface area contributed by atoms with Crippen molar-refractivity contribution in [3.63, 3.8) is 0 Å². The average Bonchev–Trinajstić information content (AvgIpc) is 2.17. The van der Waals surface area contributed by atoms with Crippen LogP contribution >= 0.6 is 15.9 Å². The van der Waals surface area contributed by atoms with E-state index in [1.165, 1.54) is 24.1 Å². The van der Waals surface area contributed by atoms with E-state index in [1.807, 2.05) is 12.4 Å². The lowest BCUT2D eigenvalue weighted by Crippen LogP contribution is -2.35. The van der Waals surface area contributed by atoms with Gasteiger partial charge in [-0.1, -0.05) is 0 Å². The van der Waals surface area contributed by atoms with Crippen LogP contribution in [0, 0.1) is 0 Å². The topological polar surface area (TPSA) is 16.1 Å². The fraction of sp³-hybridized carbons (Fsp3) is 0.545. The first-order valence-electron chi connectivity index (χ1n) is 5.09. The number of hydrogen-bond acceptors (Lipinski definition) is 2. The molecule has 0 unspecified atom stereocenters. The Hall–Kier alpha value is -0.570. The highest BCUT2D eigenvalue weighted by atomic mass is 79.9. The maximum Gasteiger partial charge on any atom is 0.0598 e. The van der Waals surface area contributed by atoms with Crippen molar-refractivity contribution >= 4 is 21.6 Å². The van der Waals surface area contributed by atoms with Gasteiger partial charge in [-0.3, -0.25) is 4.98 Å². The van der Waals surface area contributed by atoms with Gasteiger partial charge < -0.3 is 4.90 Å². The molecule has 0 aliphatic carbocycles. The molecule has 1 aromatic heterocycles. The Morgan fingerprint density at radius 2 is 2.21 bits per heavy atom. The minimum absolute atomic E-state index is 0.560. The molecule has 0 N–H and O–H groups in total. The lowest BCUT2D eigenvalue weighted by atomic mass is 10.0. The minimum atomic E-state index is 0.560. The molecule has 0 amide bonds. The molecule has 0 fully saturated rings. The monoisotopic (exact) mass is 254 g/mol. The van der Waals surface area contributed by atoms with Crippen LogP contribution in [0.25, 0.3) is 0 Å². The molecule has 0 saturated heterocycles. The van der Waals surface area contributed by atoms with E-state index in [0.29, 0.717) is 6.04 Å². The van der Waals surface area contributed by atoms with Gasteiger partial charge in [0.25, 0.3) is 0 Å². The summed E-state index contributed by atoms with van der Waals surface area (Å²) < 4.78 is 1.15. The number of fused-ring (bicyclic) bond motifs is 1. The van der Waals surface area contributed by atoms with E-state index < -0.39 is 0 Å². The van der Waals surface area contributed by atoms with Crippen molar-refractivity contribution in [2.75, 3.05) is 11.4 Å². The zero-order valence-corrected chi connectivity index (χ0v) is 10.2. The van der Waals surface area contributed by atoms with Gasteiger partial charge >= 0.3 is 0 Å². The lowest BCUT2D eigenvalue weighted by Gasteiger charge is -2.34. The van der Waals surface area contributed by atoms with Gasteiger partial charge in [-0.25, -0.2) is 0 Å². The third-order valence-corrected chi connectivity index (χ3v) is 3.42. The number of hydrogen-bond donors (Lipinski definition) is 0. The van der Waals surface area contributed by atoms with Crippen LogP contribution < -0.4 is 4.90 Å². The maximum atomic E-state index is 4.24. The fourth-order valence-electron chi connectivity index (χ4n) is 2.03. The number of nitrogens with zero attached hydrogens (tertiary/aromatic N) is 2. The lowest BCUT2D eigenvalue weighted by molar-refractivity contribution is 0.622. The first kappa shape index (κ1) is 9.97. The zero-order chi connectivity index (χ0) is 10.1. The fourth-order valence-corrected chi connectivity index (χ4v) is 2.55. The predicted molar refractivity (Wildman–Crippen MR) is 62.7 cm³/mol. The molecule has 2 heterocycles. The standard InChI is InChI=1S/C11H15BrN2/c1-8(2)14-5-3-4-9-10(12)6-13-7-11(9)14/h6-8H,3-5H2,1-2H3. The van der Waals surface area contributed by atoms with Crippen molar-refractivity contribution in [1.82, 2.24) is 4.98 Å². The van der Waals surface area contributed by atoms with Crippen LogP contribution in [0.3, 0.4) is 0 Å². The van der Waals surface area contributed by atoms with E-state index in [9.17, 15) is 0 Å². The van der Waals surface area contributed by atoms with Crippen molar-refractivity contribution in [1.29, 1.82) is 0 Å². The van der Waals surface area contributed by atoms with Crippen molar-refractivity contribution in [3.8, 4) is 0 Å². The van der Waals surface area contributed by atoms with Crippen molar-refractivity contribution in [2.45, 2.75) is 32.7 Å². The number of aromatic nitrogens is 1. The van der Waals surface area contributed by atoms with Gasteiger partial charge in [0, 0.05) is 23.3 Å². The molecule has 1 aromatic rings. The van der Waals surface area contributed by atoms with Gasteiger partial charge in [0.15, 0.2) is 0 Å². The molecule has 2 rings (SSSR count). The third-order valence-electron chi connectivity index (χ3n) is 2.74. The van der Waals surface area contributed by atoms with Crippen LogP contribution in [0.5, 0.6) is 0 Å². The van der Waals surface area contributed by atoms with Crippen molar-refractivity contribution < 1.29 is 0 Å². The molecule has 0 saturated carbocycles. The molecule has 0 aromatic carbocycles. The summed E-state index contributed by atoms with van der Waals surface area (Å²) >= 11 is 3.57. The predicted octanol–water partition coefficient (Wildman–Crippen LogP) is 3.01. The highest BCUT2D eigenvalue weighted by molar-refractivity contribution is 9.10. The van der Waals surface area contributed by atoms with Crippen LogP contribution in [0.1, 0.15) is 25.8 Å². The van der Waals surface area contributed by atoms with Gasteiger partial charge in [-0.15, -0.1) is 0 Å². The van der Waals surface area contributed by atoms with Gasteiger partial charge in [0.2, 0.25) is 0 Å². The summed E-state index contributed by atoms with van der Waals surface area (Å²) in [6.07, 6.45) is 6.29. The summed E-state index contributed by atoms with van der Waals surface area (Å²) in [5, 5.41) is 0. The van der Waals surface area contributed by atoms with Gasteiger partial charge in [0.05, 0.1) is 11.9 Å². The Labute approximate surface area is 93.5 Å². The SMILES string of the molecule is CC(C)N1CCCc2c(Br)cncc21. The number of halogens is 1. The quantitative estimate of drug-likeness (QED) is 0.766. The van der Waals surface area contributed by atoms with Crippen molar-refractivity contribution in [2.24, 2.45) is 0 Å². The van der Waals surface area contributed by atoms with Crippen LogP contribution in [-0.4, -0.2) is 17.6 Å². The van der Waals surface area contributed by atoms with E-state index in [1.54, 1.807) is 0 Å². The Morgan fingerprint density at radius 1 is 1.43 bits per heavy atom. The third kappa shape index (κ3) is 1.65. The van der Waals surface area contributed by atoms with Crippen LogP contribution in [0.2, 0.25) is 0 Å². The molecule has 2 nitrogen and oxygen atoms in total. The Bertz CT molecular complexity index is 336. The zero-order valence-electron chi connectivity index (χ0n) is 8.63. The first-order valence-corrected chi connectivity index (χ1v) is 5.88. The van der Waals surface area contributed by atoms with Crippen LogP contribution in [-0.2, 0) is 6.42 Å². The largest absolute Gasteiger partial charge is 0.368 e. The number of anilines is 1. The van der Waals surface area contributed by atoms with Crippen molar-refractivity contribution in [3.05, 3.63) is 22.4 Å². The molecule has 3 heteroatoms. The molecule has 1 aliphatic heterocycles. The van der Waals surface area contributed by atoms with E-state index in [0.717, 1.165) is 11.0 Å². The number of pyridine rings is 1. The smallest absolute Gasteiger partial charge is 0.0598 e. The highest BCUT2D eigenvalue weighted by Crippen LogP contribution is 2.32. The summed E-state index contributed by atoms with van der Waals surface area (Å²) in [5.41, 5.74) is 2.72. The van der Waals surface area contributed by atoms with E-state index >= 15 is 0 Å². The number of rotatable bonds is 1. The van der Waals surface area contributed by atoms with E-state index in [2.05, 4.69) is 39.7 Å². The second-order valence-corrected chi connectivity index (χ2v) is 4.86. The van der Waals surface area contributed by atoms with Gasteiger partial charge in [-0.05, 0) is 48.2 Å². The highest BCUT2D eigenvalue weighted by Gasteiger charge is 2.20. The Kier molecular flexibility index (Phi) is 2.77. The second-order valence-electron chi connectivity index (χ2n) is 4.01. The first-order chi connectivity index (χ1) is 6.70. The maximum absolute atomic E-state index is 4.24. The average molecular weight is 255 g/mol. The van der Waals surface area contributed by atoms with Crippen LogP contribution in [0.4, 0.5) is 5.69 Å². The Balaban J connectivity index is 2.44. The molecule has 76 valence electrons. The summed E-state index contributed by atoms with van der Waals surface area (Å²) in [6.45, 7) is 5.62. The summed E-state index contributed by atoms with van der Waals surface area (Å²) in [5.74, 6) is 0. The molecule has 0 radical (unpaired) electrons. The molecule has 14 heavy (non-hydrogen) atoms. The normalized spacial score (nSPS) is 15.9. The summed E-state index contributed by atoms with van der Waals surface area (Å²) in [4.78, 5) is 6.67. The molecular weight excluding hydrogens is 240 g/mol. The van der Waals surface area contributed by atoms with Crippen LogP contribution in [0.15, 0.2) is 16.9 Å². The summed E-state index contributed by atoms with van der Waals surface area (Å²) in [7, 11) is 0. The van der Waals surface area contributed by atoms with Gasteiger partial charge in [0.1, 0.15) is 0 Å². The molecule has 0 bridgehead atoms. The molecule has 1 aliphatic rings. The molecule has 0 atom stereocenters. The molecular formula is C11H15BrN2. The van der Waals surface area contributed by atoms with E-state index in [-0.39, 0.29) is 0 Å². The second kappa shape index (κ2) is 3.89. The minimum Gasteiger partial charge on any atom is -0.368 e. The summed E-state index contributed by atoms with van der Waals surface area (Å²) in [6, 6.07) is 0.560. The Morgan fingerprint density at radius 3 is 2.93 bits per heavy atom. The van der Waals surface area contributed by atoms with E-state index in [4.69, 9.17) is 0 Å². The molecule has 0 spiro atoms.